The van der Waals surface area contributed by atoms with E-state index in [4.69, 9.17) is 18.9 Å². The third-order valence-electron chi connectivity index (χ3n) is 3.36. The minimum absolute atomic E-state index is 0.0920. The zero-order valence-electron chi connectivity index (χ0n) is 13.5. The van der Waals surface area contributed by atoms with Crippen molar-refractivity contribution in [2.24, 2.45) is 0 Å². The highest BCUT2D eigenvalue weighted by atomic mass is 16.6. The van der Waals surface area contributed by atoms with Gasteiger partial charge in [0.05, 0.1) is 12.7 Å². The van der Waals surface area contributed by atoms with Gasteiger partial charge in [0, 0.05) is 19.3 Å². The largest absolute Gasteiger partial charge is 0.456 e. The molecule has 22 heavy (non-hydrogen) atoms. The highest BCUT2D eigenvalue weighted by Crippen LogP contribution is 2.24. The van der Waals surface area contributed by atoms with Crippen LogP contribution in [0.4, 0.5) is 0 Å². The highest BCUT2D eigenvalue weighted by Gasteiger charge is 2.45. The Kier molecular flexibility index (Phi) is 7.31. The summed E-state index contributed by atoms with van der Waals surface area (Å²) < 4.78 is 21.4. The van der Waals surface area contributed by atoms with Crippen molar-refractivity contribution in [3.8, 4) is 0 Å². The van der Waals surface area contributed by atoms with Gasteiger partial charge in [-0.2, -0.15) is 0 Å². The topological polar surface area (TPSA) is 88.1 Å². The minimum atomic E-state index is -0.859. The molecule has 1 fully saturated rings. The van der Waals surface area contributed by atoms with Crippen molar-refractivity contribution in [3.63, 3.8) is 0 Å². The molecule has 7 heteroatoms. The smallest absolute Gasteiger partial charge is 0.306 e. The third kappa shape index (κ3) is 4.98. The molecule has 0 aliphatic carbocycles. The third-order valence-corrected chi connectivity index (χ3v) is 3.36. The van der Waals surface area contributed by atoms with Crippen molar-refractivity contribution in [1.29, 1.82) is 0 Å². The maximum Gasteiger partial charge on any atom is 0.306 e. The number of esters is 3. The molecule has 0 bridgehead atoms. The second kappa shape index (κ2) is 8.73. The molecule has 0 saturated carbocycles. The molecule has 0 aromatic heterocycles. The zero-order chi connectivity index (χ0) is 16.7. The standard InChI is InChI=1S/C15H24O7/c1-5-11(16)20-10-8-19-9(4)14(21-12(17)6-2)15(10)22-13(18)7-3/h9-10,14-15H,5-8H2,1-4H3/t9-,10-,14+,15+/m0/s1. The van der Waals surface area contributed by atoms with Gasteiger partial charge in [-0.3, -0.25) is 14.4 Å². The molecule has 4 atom stereocenters. The van der Waals surface area contributed by atoms with Gasteiger partial charge >= 0.3 is 17.9 Å². The Morgan fingerprint density at radius 3 is 1.82 bits per heavy atom. The number of rotatable bonds is 6. The number of hydrogen-bond donors (Lipinski definition) is 0. The Labute approximate surface area is 130 Å². The quantitative estimate of drug-likeness (QED) is 0.540. The van der Waals surface area contributed by atoms with Crippen LogP contribution in [-0.4, -0.2) is 48.9 Å². The first-order chi connectivity index (χ1) is 10.4. The Balaban J connectivity index is 2.92. The predicted octanol–water partition coefficient (Wildman–Crippen LogP) is 1.37. The van der Waals surface area contributed by atoms with Gasteiger partial charge in [-0.25, -0.2) is 0 Å². The summed E-state index contributed by atoms with van der Waals surface area (Å²) in [5, 5.41) is 0. The minimum Gasteiger partial charge on any atom is -0.456 e. The van der Waals surface area contributed by atoms with Crippen LogP contribution in [0.1, 0.15) is 47.0 Å². The molecule has 1 rings (SSSR count). The van der Waals surface area contributed by atoms with Crippen LogP contribution in [0.2, 0.25) is 0 Å². The Morgan fingerprint density at radius 2 is 1.32 bits per heavy atom. The van der Waals surface area contributed by atoms with Gasteiger partial charge in [0.2, 0.25) is 0 Å². The fourth-order valence-electron chi connectivity index (χ4n) is 2.04. The molecule has 0 unspecified atom stereocenters. The van der Waals surface area contributed by atoms with E-state index in [0.29, 0.717) is 0 Å². The summed E-state index contributed by atoms with van der Waals surface area (Å²) >= 11 is 0. The molecule has 0 aromatic rings. The van der Waals surface area contributed by atoms with Crippen LogP contribution in [0, 0.1) is 0 Å². The molecule has 1 aliphatic heterocycles. The fraction of sp³-hybridized carbons (Fsp3) is 0.800. The van der Waals surface area contributed by atoms with Crippen LogP contribution in [0.25, 0.3) is 0 Å². The monoisotopic (exact) mass is 316 g/mol. The van der Waals surface area contributed by atoms with Crippen LogP contribution >= 0.6 is 0 Å². The van der Waals surface area contributed by atoms with Crippen LogP contribution in [0.15, 0.2) is 0 Å². The first-order valence-corrected chi connectivity index (χ1v) is 7.62. The van der Waals surface area contributed by atoms with Crippen LogP contribution < -0.4 is 0 Å². The van der Waals surface area contributed by atoms with Crippen molar-refractivity contribution in [3.05, 3.63) is 0 Å². The van der Waals surface area contributed by atoms with Crippen molar-refractivity contribution >= 4 is 17.9 Å². The van der Waals surface area contributed by atoms with Crippen molar-refractivity contribution in [1.82, 2.24) is 0 Å². The lowest BCUT2D eigenvalue weighted by atomic mass is 10.00. The molecule has 0 spiro atoms. The Bertz CT molecular complexity index is 407. The van der Waals surface area contributed by atoms with E-state index in [1.54, 1.807) is 27.7 Å². The van der Waals surface area contributed by atoms with E-state index < -0.39 is 42.3 Å². The lowest BCUT2D eigenvalue weighted by Crippen LogP contribution is -2.56. The van der Waals surface area contributed by atoms with Gasteiger partial charge in [-0.15, -0.1) is 0 Å². The molecule has 1 saturated heterocycles. The molecule has 1 aliphatic rings. The van der Waals surface area contributed by atoms with E-state index in [1.807, 2.05) is 0 Å². The fourth-order valence-corrected chi connectivity index (χ4v) is 2.04. The summed E-state index contributed by atoms with van der Waals surface area (Å²) in [4.78, 5) is 34.8. The summed E-state index contributed by atoms with van der Waals surface area (Å²) in [5.74, 6) is -1.31. The average molecular weight is 316 g/mol. The van der Waals surface area contributed by atoms with Crippen molar-refractivity contribution in [2.75, 3.05) is 6.61 Å². The van der Waals surface area contributed by atoms with Gasteiger partial charge < -0.3 is 18.9 Å². The Morgan fingerprint density at radius 1 is 0.864 bits per heavy atom. The van der Waals surface area contributed by atoms with E-state index >= 15 is 0 Å². The molecule has 0 aromatic carbocycles. The van der Waals surface area contributed by atoms with E-state index in [2.05, 4.69) is 0 Å². The van der Waals surface area contributed by atoms with Crippen molar-refractivity contribution < 1.29 is 33.3 Å². The van der Waals surface area contributed by atoms with Crippen LogP contribution in [-0.2, 0) is 33.3 Å². The Hall–Kier alpha value is -1.63. The second-order valence-electron chi connectivity index (χ2n) is 5.04. The van der Waals surface area contributed by atoms with Gasteiger partial charge in [-0.05, 0) is 6.92 Å². The maximum absolute atomic E-state index is 11.6. The first kappa shape index (κ1) is 18.4. The molecule has 0 N–H and O–H groups in total. The number of carbonyl (C=O) groups excluding carboxylic acids is 3. The molecule has 1 heterocycles. The molecule has 0 amide bonds. The average Bonchev–Trinajstić information content (AvgIpc) is 2.52. The van der Waals surface area contributed by atoms with Crippen molar-refractivity contribution in [2.45, 2.75) is 71.4 Å². The SMILES string of the molecule is CCC(=O)O[C@H]1[C@H](OC(=O)CC)[C@@H](OC(=O)CC)CO[C@H]1C. The summed E-state index contributed by atoms with van der Waals surface area (Å²) in [6.45, 7) is 6.80. The van der Waals surface area contributed by atoms with Gasteiger partial charge in [0.15, 0.2) is 18.3 Å². The molecule has 0 radical (unpaired) electrons. The summed E-state index contributed by atoms with van der Waals surface area (Å²) in [5.41, 5.74) is 0. The van der Waals surface area contributed by atoms with Gasteiger partial charge in [-0.1, -0.05) is 20.8 Å². The van der Waals surface area contributed by atoms with E-state index in [0.717, 1.165) is 0 Å². The van der Waals surface area contributed by atoms with Gasteiger partial charge in [0.1, 0.15) is 0 Å². The molecular weight excluding hydrogens is 292 g/mol. The normalized spacial score (nSPS) is 27.8. The number of carbonyl (C=O) groups is 3. The molecule has 7 nitrogen and oxygen atoms in total. The highest BCUT2D eigenvalue weighted by molar-refractivity contribution is 5.71. The van der Waals surface area contributed by atoms with Crippen LogP contribution in [0.5, 0.6) is 0 Å². The summed E-state index contributed by atoms with van der Waals surface area (Å²) in [7, 11) is 0. The van der Waals surface area contributed by atoms with E-state index in [-0.39, 0.29) is 25.9 Å². The molecule has 126 valence electrons. The first-order valence-electron chi connectivity index (χ1n) is 7.62. The number of ether oxygens (including phenoxy) is 4. The summed E-state index contributed by atoms with van der Waals surface area (Å²) in [6, 6.07) is 0. The van der Waals surface area contributed by atoms with Gasteiger partial charge in [0.25, 0.3) is 0 Å². The maximum atomic E-state index is 11.6. The summed E-state index contributed by atoms with van der Waals surface area (Å²) in [6.07, 6.45) is -2.34. The second-order valence-corrected chi connectivity index (χ2v) is 5.04. The lowest BCUT2D eigenvalue weighted by Gasteiger charge is -2.39. The van der Waals surface area contributed by atoms with Crippen LogP contribution in [0.3, 0.4) is 0 Å². The van der Waals surface area contributed by atoms with E-state index in [1.165, 1.54) is 0 Å². The lowest BCUT2D eigenvalue weighted by molar-refractivity contribution is -0.224. The molecular formula is C15H24O7. The zero-order valence-corrected chi connectivity index (χ0v) is 13.5. The van der Waals surface area contributed by atoms with E-state index in [9.17, 15) is 14.4 Å². The predicted molar refractivity (Wildman–Crippen MR) is 75.9 cm³/mol. The number of hydrogen-bond acceptors (Lipinski definition) is 7.